The molecule has 9 atom stereocenters. The number of hydrogen-bond donors (Lipinski definition) is 5. The van der Waals surface area contributed by atoms with E-state index in [4.69, 9.17) is 4.74 Å². The summed E-state index contributed by atoms with van der Waals surface area (Å²) in [5.74, 6) is -0.412. The van der Waals surface area contributed by atoms with Crippen LogP contribution in [0.5, 0.6) is 5.75 Å². The second kappa shape index (κ2) is 13.9. The van der Waals surface area contributed by atoms with E-state index >= 15 is 0 Å². The number of amides is 1. The van der Waals surface area contributed by atoms with Crippen LogP contribution in [-0.4, -0.2) is 55.9 Å². The first-order valence-electron chi connectivity index (χ1n) is 16.9. The maximum atomic E-state index is 13.6. The second-order valence-corrected chi connectivity index (χ2v) is 14.6. The highest BCUT2D eigenvalue weighted by Crippen LogP contribution is 2.52. The van der Waals surface area contributed by atoms with Crippen LogP contribution >= 0.6 is 9.24 Å². The van der Waals surface area contributed by atoms with E-state index in [-0.39, 0.29) is 11.7 Å². The number of para-hydroxylation sites is 1. The number of carbonyl (C=O) groups excluding carboxylic acids is 1. The number of aliphatic hydroxyl groups excluding tert-OH is 3. The van der Waals surface area contributed by atoms with Gasteiger partial charge in [-0.25, -0.2) is 0 Å². The highest BCUT2D eigenvalue weighted by Gasteiger charge is 2.57. The number of phenols is 1. The molecule has 0 radical (unpaired) electrons. The Morgan fingerprint density at radius 1 is 0.939 bits per heavy atom. The number of β-lactam (4-membered cyclic amide) rings is 1. The largest absolute Gasteiger partial charge is 0.508 e. The number of nitrogens with zero attached hydrogens (tertiary/aromatic N) is 1. The zero-order chi connectivity index (χ0) is 35.1. The number of rotatable bonds is 10. The fourth-order valence-corrected chi connectivity index (χ4v) is 7.84. The molecule has 1 amide bonds. The van der Waals surface area contributed by atoms with E-state index in [1.165, 1.54) is 6.92 Å². The van der Waals surface area contributed by atoms with Gasteiger partial charge in [-0.05, 0) is 78.0 Å². The summed E-state index contributed by atoms with van der Waals surface area (Å²) >= 11 is 0. The van der Waals surface area contributed by atoms with E-state index < -0.39 is 54.0 Å². The van der Waals surface area contributed by atoms with Gasteiger partial charge in [0.05, 0.1) is 36.9 Å². The van der Waals surface area contributed by atoms with Crippen LogP contribution in [-0.2, 0) is 9.53 Å². The van der Waals surface area contributed by atoms with Crippen molar-refractivity contribution in [1.29, 1.82) is 0 Å². The van der Waals surface area contributed by atoms with Crippen LogP contribution in [0.4, 0.5) is 5.69 Å². The summed E-state index contributed by atoms with van der Waals surface area (Å²) in [7, 11) is 2.63. The van der Waals surface area contributed by atoms with Gasteiger partial charge in [0.25, 0.3) is 0 Å². The smallest absolute Gasteiger partial charge is 0.233 e. The van der Waals surface area contributed by atoms with Crippen molar-refractivity contribution < 1.29 is 35.1 Å². The van der Waals surface area contributed by atoms with Crippen molar-refractivity contribution in [2.75, 3.05) is 11.5 Å². The minimum absolute atomic E-state index is 0.0475. The summed E-state index contributed by atoms with van der Waals surface area (Å²) < 4.78 is 6.28. The van der Waals surface area contributed by atoms with Gasteiger partial charge in [-0.3, -0.25) is 4.79 Å². The van der Waals surface area contributed by atoms with E-state index in [0.29, 0.717) is 24.8 Å². The molecule has 258 valence electrons. The average Bonchev–Trinajstić information content (AvgIpc) is 3.10. The number of benzene rings is 4. The molecule has 2 aliphatic rings. The molecule has 9 unspecified atom stereocenters. The van der Waals surface area contributed by atoms with Gasteiger partial charge in [0, 0.05) is 16.7 Å². The Morgan fingerprint density at radius 2 is 1.63 bits per heavy atom. The third-order valence-corrected chi connectivity index (χ3v) is 11.2. The summed E-state index contributed by atoms with van der Waals surface area (Å²) in [5, 5.41) is 55.8. The summed E-state index contributed by atoms with van der Waals surface area (Å²) in [5.41, 5.74) is 2.06. The van der Waals surface area contributed by atoms with Crippen LogP contribution in [0.2, 0.25) is 0 Å². The van der Waals surface area contributed by atoms with Gasteiger partial charge in [-0.1, -0.05) is 86.6 Å². The number of anilines is 1. The van der Waals surface area contributed by atoms with E-state index in [0.717, 1.165) is 33.2 Å². The number of phenolic OH excluding ortho intramolecular Hbond substituents is 1. The van der Waals surface area contributed by atoms with Crippen molar-refractivity contribution in [1.82, 2.24) is 0 Å². The van der Waals surface area contributed by atoms with Crippen LogP contribution in [0.15, 0.2) is 97.1 Å². The lowest BCUT2D eigenvalue weighted by atomic mass is 9.65. The molecule has 4 aromatic rings. The molecule has 0 aliphatic carbocycles. The molecular formula is C40H46NO7P. The molecule has 0 bridgehead atoms. The lowest BCUT2D eigenvalue weighted by Crippen LogP contribution is -2.64. The van der Waals surface area contributed by atoms with Gasteiger partial charge in [0.1, 0.15) is 17.5 Å². The number of ether oxygens (including phenoxy) is 1. The first-order valence-corrected chi connectivity index (χ1v) is 17.5. The summed E-state index contributed by atoms with van der Waals surface area (Å²) in [6.45, 7) is 4.87. The number of aliphatic hydroxyl groups is 4. The molecule has 2 saturated heterocycles. The fourth-order valence-electron chi connectivity index (χ4n) is 7.65. The number of carbonyl (C=O) groups is 1. The second-order valence-electron chi connectivity index (χ2n) is 13.9. The van der Waals surface area contributed by atoms with Crippen LogP contribution in [0.25, 0.3) is 11.1 Å². The Labute approximate surface area is 290 Å². The van der Waals surface area contributed by atoms with Crippen molar-refractivity contribution in [3.8, 4) is 16.9 Å². The molecule has 2 heterocycles. The summed E-state index contributed by atoms with van der Waals surface area (Å²) in [6.07, 6.45) is -2.06. The zero-order valence-electron chi connectivity index (χ0n) is 28.1. The van der Waals surface area contributed by atoms with Gasteiger partial charge >= 0.3 is 0 Å². The minimum Gasteiger partial charge on any atom is -0.508 e. The van der Waals surface area contributed by atoms with Gasteiger partial charge in [0.2, 0.25) is 5.91 Å². The minimum atomic E-state index is -1.62. The Kier molecular flexibility index (Phi) is 10.0. The highest BCUT2D eigenvalue weighted by atomic mass is 31.0. The van der Waals surface area contributed by atoms with Crippen molar-refractivity contribution >= 4 is 26.1 Å². The first kappa shape index (κ1) is 35.2. The van der Waals surface area contributed by atoms with Crippen LogP contribution < -0.4 is 10.2 Å². The van der Waals surface area contributed by atoms with E-state index in [2.05, 4.69) is 9.24 Å². The monoisotopic (exact) mass is 683 g/mol. The van der Waals surface area contributed by atoms with Crippen molar-refractivity contribution in [3.05, 3.63) is 114 Å². The molecule has 0 saturated carbocycles. The first-order chi connectivity index (χ1) is 23.4. The molecule has 5 N–H and O–H groups in total. The topological polar surface area (TPSA) is 131 Å². The lowest BCUT2D eigenvalue weighted by Gasteiger charge is -2.54. The van der Waals surface area contributed by atoms with Crippen LogP contribution in [0, 0.1) is 11.3 Å². The van der Waals surface area contributed by atoms with Gasteiger partial charge in [-0.15, -0.1) is 9.24 Å². The molecule has 49 heavy (non-hydrogen) atoms. The van der Waals surface area contributed by atoms with Crippen LogP contribution in [0.3, 0.4) is 0 Å². The Balaban J connectivity index is 1.29. The van der Waals surface area contributed by atoms with Gasteiger partial charge < -0.3 is 35.2 Å². The van der Waals surface area contributed by atoms with Gasteiger partial charge in [-0.2, -0.15) is 0 Å². The quantitative estimate of drug-likeness (QED) is 0.107. The molecule has 2 aliphatic heterocycles. The van der Waals surface area contributed by atoms with E-state index in [1.807, 2.05) is 105 Å². The molecule has 8 nitrogen and oxygen atoms in total. The van der Waals surface area contributed by atoms with E-state index in [1.54, 1.807) is 11.0 Å². The lowest BCUT2D eigenvalue weighted by molar-refractivity contribution is -0.286. The predicted molar refractivity (Wildman–Crippen MR) is 193 cm³/mol. The number of aromatic hydroxyl groups is 1. The van der Waals surface area contributed by atoms with E-state index in [9.17, 15) is 30.3 Å². The highest BCUT2D eigenvalue weighted by molar-refractivity contribution is 7.27. The third kappa shape index (κ3) is 6.43. The van der Waals surface area contributed by atoms with Gasteiger partial charge in [0.15, 0.2) is 0 Å². The standard InChI is InChI=1S/C40H46NO7P/c1-4-39(2)36(48-34(23-42)40(3,47)38(39)46)27-10-8-9-25(21-27)26-15-18-30(33(44)22-26)35-31(37(45)41(35)28-11-6-5-7-12-28)19-20-32(43)24-13-16-29(49)17-14-24/h5-18,21-22,31-32,34-36,38,42-44,46-47H,4,19-20,23,49H2,1-3H3. The Hall–Kier alpha value is -3.62. The third-order valence-electron chi connectivity index (χ3n) is 10.8. The summed E-state index contributed by atoms with van der Waals surface area (Å²) in [6, 6.07) is 29.8. The fraction of sp³-hybridized carbons (Fsp3) is 0.375. The molecule has 6 rings (SSSR count). The van der Waals surface area contributed by atoms with Crippen molar-refractivity contribution in [2.45, 2.75) is 76.1 Å². The van der Waals surface area contributed by atoms with Crippen molar-refractivity contribution in [2.24, 2.45) is 11.3 Å². The molecule has 4 aromatic carbocycles. The molecule has 0 aromatic heterocycles. The Bertz CT molecular complexity index is 1780. The molecular weight excluding hydrogens is 637 g/mol. The molecule has 2 fully saturated rings. The van der Waals surface area contributed by atoms with Crippen molar-refractivity contribution in [3.63, 3.8) is 0 Å². The molecule has 0 spiro atoms. The summed E-state index contributed by atoms with van der Waals surface area (Å²) in [4.78, 5) is 15.3. The molecule has 9 heteroatoms. The maximum absolute atomic E-state index is 13.6. The normalized spacial score (nSPS) is 29.0. The zero-order valence-corrected chi connectivity index (χ0v) is 29.3. The van der Waals surface area contributed by atoms with Crippen LogP contribution in [0.1, 0.15) is 75.0 Å². The predicted octanol–water partition coefficient (Wildman–Crippen LogP) is 5.74. The maximum Gasteiger partial charge on any atom is 0.233 e. The average molecular weight is 684 g/mol. The SMILES string of the molecule is CCC1(C)C(c2cccc(-c3ccc(C4C(CCC(O)c5ccc(P)cc5)C(=O)N4c4ccccc4)c(O)c3)c2)OC(CO)C(C)(O)C1O. The number of hydrogen-bond acceptors (Lipinski definition) is 7. The Morgan fingerprint density at radius 3 is 2.29 bits per heavy atom.